The van der Waals surface area contributed by atoms with E-state index in [1.165, 1.54) is 24.1 Å². The fraction of sp³-hybridized carbons (Fsp3) is 0.522. The molecule has 152 valence electrons. The molecule has 29 heavy (non-hydrogen) atoms. The van der Waals surface area contributed by atoms with Crippen LogP contribution in [0.25, 0.3) is 0 Å². The molecule has 1 aromatic carbocycles. The minimum Gasteiger partial charge on any atom is -0.354 e. The lowest BCUT2D eigenvalue weighted by Crippen LogP contribution is -2.53. The van der Waals surface area contributed by atoms with Gasteiger partial charge in [-0.05, 0) is 51.2 Å². The first-order chi connectivity index (χ1) is 14.2. The van der Waals surface area contributed by atoms with Crippen molar-refractivity contribution in [3.05, 3.63) is 47.4 Å². The summed E-state index contributed by atoms with van der Waals surface area (Å²) in [6, 6.07) is 10.1. The third-order valence-electron chi connectivity index (χ3n) is 6.57. The molecule has 0 bridgehead atoms. The average Bonchev–Trinajstić information content (AvgIpc) is 3.15. The molecule has 0 spiro atoms. The number of carbonyl (C=O) groups excluding carboxylic acids is 1. The van der Waals surface area contributed by atoms with Gasteiger partial charge in [-0.15, -0.1) is 0 Å². The van der Waals surface area contributed by atoms with Crippen LogP contribution in [0, 0.1) is 6.92 Å². The van der Waals surface area contributed by atoms with Crippen LogP contribution in [0.3, 0.4) is 0 Å². The van der Waals surface area contributed by atoms with E-state index < -0.39 is 0 Å². The normalized spacial score (nSPS) is 22.8. The fourth-order valence-corrected chi connectivity index (χ4v) is 5.07. The predicted octanol–water partition coefficient (Wildman–Crippen LogP) is 2.59. The van der Waals surface area contributed by atoms with E-state index in [4.69, 9.17) is 9.97 Å². The first kappa shape index (κ1) is 18.6. The molecule has 0 radical (unpaired) electrons. The van der Waals surface area contributed by atoms with E-state index in [-0.39, 0.29) is 11.9 Å². The molecule has 0 saturated carbocycles. The van der Waals surface area contributed by atoms with Crippen molar-refractivity contribution in [1.29, 1.82) is 0 Å². The van der Waals surface area contributed by atoms with Crippen molar-refractivity contribution < 1.29 is 4.79 Å². The van der Waals surface area contributed by atoms with Crippen molar-refractivity contribution in [2.24, 2.45) is 0 Å². The number of para-hydroxylation sites is 1. The fourth-order valence-electron chi connectivity index (χ4n) is 5.07. The van der Waals surface area contributed by atoms with E-state index in [0.717, 1.165) is 69.3 Å². The largest absolute Gasteiger partial charge is 0.354 e. The lowest BCUT2D eigenvalue weighted by Gasteiger charge is -2.39. The second-order valence-corrected chi connectivity index (χ2v) is 8.38. The van der Waals surface area contributed by atoms with Gasteiger partial charge in [0.05, 0.1) is 6.04 Å². The van der Waals surface area contributed by atoms with Gasteiger partial charge in [0.1, 0.15) is 11.6 Å². The number of benzene rings is 1. The van der Waals surface area contributed by atoms with E-state index >= 15 is 0 Å². The second-order valence-electron chi connectivity index (χ2n) is 8.38. The van der Waals surface area contributed by atoms with Crippen molar-refractivity contribution in [3.8, 4) is 0 Å². The lowest BCUT2D eigenvalue weighted by molar-refractivity contribution is -0.121. The molecule has 5 rings (SSSR count). The molecule has 2 aromatic rings. The Hall–Kier alpha value is -2.47. The molecule has 6 nitrogen and oxygen atoms in total. The number of nitrogens with zero attached hydrogens (tertiary/aromatic N) is 5. The monoisotopic (exact) mass is 391 g/mol. The van der Waals surface area contributed by atoms with E-state index in [9.17, 15) is 4.79 Å². The number of fused-ring (bicyclic) bond motifs is 1. The summed E-state index contributed by atoms with van der Waals surface area (Å²) in [6.45, 7) is 6.50. The highest BCUT2D eigenvalue weighted by atomic mass is 16.2. The Kier molecular flexibility index (Phi) is 4.96. The van der Waals surface area contributed by atoms with Crippen LogP contribution in [0.1, 0.15) is 36.3 Å². The summed E-state index contributed by atoms with van der Waals surface area (Å²) in [5.41, 5.74) is 3.63. The van der Waals surface area contributed by atoms with Gasteiger partial charge in [-0.25, -0.2) is 9.97 Å². The summed E-state index contributed by atoms with van der Waals surface area (Å²) in [6.07, 6.45) is 5.56. The molecule has 2 fully saturated rings. The first-order valence-electron chi connectivity index (χ1n) is 10.9. The van der Waals surface area contributed by atoms with Crippen molar-refractivity contribution >= 4 is 17.4 Å². The molecule has 1 aromatic heterocycles. The molecule has 1 amide bonds. The Morgan fingerprint density at radius 3 is 2.48 bits per heavy atom. The number of hydrogen-bond acceptors (Lipinski definition) is 5. The van der Waals surface area contributed by atoms with Crippen LogP contribution < -0.4 is 9.80 Å². The van der Waals surface area contributed by atoms with Gasteiger partial charge in [-0.3, -0.25) is 9.69 Å². The van der Waals surface area contributed by atoms with Gasteiger partial charge in [-0.1, -0.05) is 18.2 Å². The van der Waals surface area contributed by atoms with Gasteiger partial charge in [0.2, 0.25) is 5.91 Å². The summed E-state index contributed by atoms with van der Waals surface area (Å²) in [4.78, 5) is 29.3. The number of amides is 1. The van der Waals surface area contributed by atoms with E-state index in [1.54, 1.807) is 0 Å². The Morgan fingerprint density at radius 1 is 0.931 bits per heavy atom. The van der Waals surface area contributed by atoms with Gasteiger partial charge >= 0.3 is 0 Å². The average molecular weight is 392 g/mol. The molecule has 6 heteroatoms. The highest BCUT2D eigenvalue weighted by Gasteiger charge is 2.38. The molecule has 3 aliphatic rings. The van der Waals surface area contributed by atoms with Crippen LogP contribution in [0.2, 0.25) is 0 Å². The van der Waals surface area contributed by atoms with Crippen molar-refractivity contribution in [2.75, 3.05) is 42.5 Å². The number of aryl methyl sites for hydroxylation is 2. The van der Waals surface area contributed by atoms with E-state index in [0.29, 0.717) is 0 Å². The molecule has 2 aliphatic heterocycles. The Morgan fingerprint density at radius 2 is 1.69 bits per heavy atom. The zero-order valence-electron chi connectivity index (χ0n) is 17.2. The maximum atomic E-state index is 13.0. The third-order valence-corrected chi connectivity index (χ3v) is 6.57. The zero-order valence-corrected chi connectivity index (χ0v) is 17.2. The van der Waals surface area contributed by atoms with Crippen LogP contribution >= 0.6 is 0 Å². The van der Waals surface area contributed by atoms with Crippen molar-refractivity contribution in [1.82, 2.24) is 14.9 Å². The van der Waals surface area contributed by atoms with E-state index in [1.807, 2.05) is 42.2 Å². The van der Waals surface area contributed by atoms with Crippen LogP contribution in [0.5, 0.6) is 0 Å². The zero-order chi connectivity index (χ0) is 19.8. The quantitative estimate of drug-likeness (QED) is 0.805. The summed E-state index contributed by atoms with van der Waals surface area (Å²) in [7, 11) is 0. The summed E-state index contributed by atoms with van der Waals surface area (Å²) in [5.74, 6) is 2.28. The van der Waals surface area contributed by atoms with Crippen LogP contribution in [0.15, 0.2) is 30.3 Å². The standard InChI is InChI=1S/C23H29N5O/c1-17-24-20-10-6-5-9-19(20)22(25-17)27-15-13-26(14-16-27)21-11-12-28(23(21)29)18-7-3-2-4-8-18/h2-4,7-8,21H,5-6,9-16H2,1H3. The molecular weight excluding hydrogens is 362 g/mol. The third kappa shape index (κ3) is 3.50. The lowest BCUT2D eigenvalue weighted by atomic mass is 9.96. The first-order valence-corrected chi connectivity index (χ1v) is 10.9. The van der Waals surface area contributed by atoms with Gasteiger partial charge < -0.3 is 9.80 Å². The number of piperazine rings is 1. The maximum absolute atomic E-state index is 13.0. The topological polar surface area (TPSA) is 52.6 Å². The predicted molar refractivity (Wildman–Crippen MR) is 114 cm³/mol. The number of aromatic nitrogens is 2. The maximum Gasteiger partial charge on any atom is 0.244 e. The minimum atomic E-state index is 0.0124. The summed E-state index contributed by atoms with van der Waals surface area (Å²) >= 11 is 0. The summed E-state index contributed by atoms with van der Waals surface area (Å²) < 4.78 is 0. The Bertz CT molecular complexity index is 892. The molecule has 2 saturated heterocycles. The molecule has 1 unspecified atom stereocenters. The molecule has 1 atom stereocenters. The van der Waals surface area contributed by atoms with Gasteiger partial charge in [0.15, 0.2) is 0 Å². The molecular formula is C23H29N5O. The van der Waals surface area contributed by atoms with E-state index in [2.05, 4.69) is 9.80 Å². The molecule has 1 aliphatic carbocycles. The van der Waals surface area contributed by atoms with Gasteiger partial charge in [-0.2, -0.15) is 0 Å². The molecule has 0 N–H and O–H groups in total. The molecule has 3 heterocycles. The van der Waals surface area contributed by atoms with Gasteiger partial charge in [0.25, 0.3) is 0 Å². The Balaban J connectivity index is 1.27. The van der Waals surface area contributed by atoms with Crippen LogP contribution in [-0.2, 0) is 17.6 Å². The van der Waals surface area contributed by atoms with Crippen LogP contribution in [0.4, 0.5) is 11.5 Å². The van der Waals surface area contributed by atoms with Crippen LogP contribution in [-0.4, -0.2) is 59.5 Å². The van der Waals surface area contributed by atoms with Gasteiger partial charge in [0, 0.05) is 49.7 Å². The number of hydrogen-bond donors (Lipinski definition) is 0. The van der Waals surface area contributed by atoms with Crippen molar-refractivity contribution in [2.45, 2.75) is 45.1 Å². The highest BCUT2D eigenvalue weighted by molar-refractivity contribution is 5.99. The highest BCUT2D eigenvalue weighted by Crippen LogP contribution is 2.30. The second kappa shape index (κ2) is 7.75. The number of anilines is 2. The minimum absolute atomic E-state index is 0.0124. The SMILES string of the molecule is Cc1nc2c(c(N3CCN(C4CCN(c5ccccc5)C4=O)CC3)n1)CCCC2. The summed E-state index contributed by atoms with van der Waals surface area (Å²) in [5, 5.41) is 0. The Labute approximate surface area is 172 Å². The number of carbonyl (C=O) groups is 1. The number of rotatable bonds is 3. The smallest absolute Gasteiger partial charge is 0.244 e. The van der Waals surface area contributed by atoms with Crippen molar-refractivity contribution in [3.63, 3.8) is 0 Å².